The number of hydrogen-bond acceptors (Lipinski definition) is 5. The van der Waals surface area contributed by atoms with Gasteiger partial charge < -0.3 is 14.2 Å². The Morgan fingerprint density at radius 1 is 1.21 bits per heavy atom. The predicted octanol–water partition coefficient (Wildman–Crippen LogP) is 1.66. The van der Waals surface area contributed by atoms with Gasteiger partial charge in [-0.25, -0.2) is 9.59 Å². The molecule has 0 aliphatic heterocycles. The molecule has 0 radical (unpaired) electrons. The predicted molar refractivity (Wildman–Crippen MR) is 68.1 cm³/mol. The molecule has 100 valence electrons. The highest BCUT2D eigenvalue weighted by atomic mass is 16.5. The van der Waals surface area contributed by atoms with Crippen LogP contribution in [0, 0.1) is 12.3 Å². The van der Waals surface area contributed by atoms with Gasteiger partial charge in [0.25, 0.3) is 0 Å². The Kier molecular flexibility index (Phi) is 5.42. The molecule has 1 rings (SSSR count). The largest absolute Gasteiger partial charge is 0.492 e. The molecule has 0 aromatic heterocycles. The minimum absolute atomic E-state index is 0.229. The SMILES string of the molecule is C#CCCOc1cc(C(=O)OC)ccc1C(=O)OC. The third kappa shape index (κ3) is 3.75. The first kappa shape index (κ1) is 14.6. The van der Waals surface area contributed by atoms with Crippen molar-refractivity contribution in [1.82, 2.24) is 0 Å². The monoisotopic (exact) mass is 262 g/mol. The Labute approximate surface area is 111 Å². The number of rotatable bonds is 5. The molecule has 0 amide bonds. The fourth-order valence-corrected chi connectivity index (χ4v) is 1.39. The van der Waals surface area contributed by atoms with Gasteiger partial charge in [0.1, 0.15) is 11.3 Å². The third-order valence-corrected chi connectivity index (χ3v) is 2.31. The summed E-state index contributed by atoms with van der Waals surface area (Å²) in [6, 6.07) is 4.34. The lowest BCUT2D eigenvalue weighted by atomic mass is 10.1. The zero-order valence-electron chi connectivity index (χ0n) is 10.8. The summed E-state index contributed by atoms with van der Waals surface area (Å²) in [4.78, 5) is 23.0. The van der Waals surface area contributed by atoms with Crippen molar-refractivity contribution in [2.45, 2.75) is 6.42 Å². The van der Waals surface area contributed by atoms with E-state index in [0.29, 0.717) is 6.42 Å². The Balaban J connectivity index is 3.07. The fourth-order valence-electron chi connectivity index (χ4n) is 1.39. The number of methoxy groups -OCH3 is 2. The van der Waals surface area contributed by atoms with Crippen LogP contribution in [0.5, 0.6) is 5.75 Å². The van der Waals surface area contributed by atoms with E-state index in [4.69, 9.17) is 11.2 Å². The number of esters is 2. The Hall–Kier alpha value is -2.48. The van der Waals surface area contributed by atoms with Gasteiger partial charge in [0.15, 0.2) is 0 Å². The summed E-state index contributed by atoms with van der Waals surface area (Å²) in [5.74, 6) is 1.59. The van der Waals surface area contributed by atoms with Crippen LogP contribution in [0.2, 0.25) is 0 Å². The molecule has 0 spiro atoms. The van der Waals surface area contributed by atoms with E-state index in [1.165, 1.54) is 32.4 Å². The summed E-state index contributed by atoms with van der Waals surface area (Å²) in [5, 5.41) is 0. The standard InChI is InChI=1S/C14H14O5/c1-4-5-8-19-12-9-10(13(15)17-2)6-7-11(12)14(16)18-3/h1,6-7,9H,5,8H2,2-3H3. The molecule has 5 heteroatoms. The van der Waals surface area contributed by atoms with Crippen molar-refractivity contribution in [1.29, 1.82) is 0 Å². The van der Waals surface area contributed by atoms with Crippen molar-refractivity contribution in [3.05, 3.63) is 29.3 Å². The van der Waals surface area contributed by atoms with E-state index in [2.05, 4.69) is 15.4 Å². The second-order valence-electron chi connectivity index (χ2n) is 3.50. The van der Waals surface area contributed by atoms with Crippen molar-refractivity contribution in [3.63, 3.8) is 0 Å². The number of carbonyl (C=O) groups is 2. The number of hydrogen-bond donors (Lipinski definition) is 0. The molecule has 0 atom stereocenters. The molecular formula is C14H14O5. The number of benzene rings is 1. The van der Waals surface area contributed by atoms with Crippen LogP contribution in [-0.2, 0) is 9.47 Å². The van der Waals surface area contributed by atoms with E-state index < -0.39 is 11.9 Å². The Morgan fingerprint density at radius 2 is 1.89 bits per heavy atom. The second kappa shape index (κ2) is 7.07. The highest BCUT2D eigenvalue weighted by molar-refractivity contribution is 5.96. The van der Waals surface area contributed by atoms with E-state index in [9.17, 15) is 9.59 Å². The van der Waals surface area contributed by atoms with Crippen LogP contribution >= 0.6 is 0 Å². The van der Waals surface area contributed by atoms with E-state index in [1.54, 1.807) is 0 Å². The maximum absolute atomic E-state index is 11.6. The normalized spacial score (nSPS) is 9.32. The van der Waals surface area contributed by atoms with Crippen LogP contribution in [0.3, 0.4) is 0 Å². The summed E-state index contributed by atoms with van der Waals surface area (Å²) >= 11 is 0. The van der Waals surface area contributed by atoms with Gasteiger partial charge in [-0.3, -0.25) is 0 Å². The molecule has 0 unspecified atom stereocenters. The van der Waals surface area contributed by atoms with Crippen LogP contribution < -0.4 is 4.74 Å². The Bertz CT molecular complexity index is 513. The van der Waals surface area contributed by atoms with Crippen molar-refractivity contribution in [2.24, 2.45) is 0 Å². The molecule has 19 heavy (non-hydrogen) atoms. The minimum Gasteiger partial charge on any atom is -0.492 e. The summed E-state index contributed by atoms with van der Waals surface area (Å²) < 4.78 is 14.6. The molecule has 0 heterocycles. The molecule has 0 fully saturated rings. The van der Waals surface area contributed by atoms with Gasteiger partial charge >= 0.3 is 11.9 Å². The summed E-state index contributed by atoms with van der Waals surface area (Å²) in [6.45, 7) is 0.241. The van der Waals surface area contributed by atoms with Crippen LogP contribution in [0.15, 0.2) is 18.2 Å². The van der Waals surface area contributed by atoms with Gasteiger partial charge in [-0.15, -0.1) is 12.3 Å². The van der Waals surface area contributed by atoms with Gasteiger partial charge in [-0.2, -0.15) is 0 Å². The van der Waals surface area contributed by atoms with Gasteiger partial charge in [-0.05, 0) is 18.2 Å². The van der Waals surface area contributed by atoms with Gasteiger partial charge in [0.2, 0.25) is 0 Å². The van der Waals surface area contributed by atoms with Crippen LogP contribution in [0.1, 0.15) is 27.1 Å². The molecule has 0 saturated carbocycles. The number of carbonyl (C=O) groups excluding carboxylic acids is 2. The van der Waals surface area contributed by atoms with Crippen molar-refractivity contribution in [3.8, 4) is 18.1 Å². The second-order valence-corrected chi connectivity index (χ2v) is 3.50. The zero-order chi connectivity index (χ0) is 14.3. The highest BCUT2D eigenvalue weighted by Gasteiger charge is 2.16. The lowest BCUT2D eigenvalue weighted by molar-refractivity contribution is 0.0582. The zero-order valence-corrected chi connectivity index (χ0v) is 10.8. The highest BCUT2D eigenvalue weighted by Crippen LogP contribution is 2.22. The average Bonchev–Trinajstić information content (AvgIpc) is 2.45. The maximum atomic E-state index is 11.6. The molecular weight excluding hydrogens is 248 g/mol. The lowest BCUT2D eigenvalue weighted by Crippen LogP contribution is -2.09. The maximum Gasteiger partial charge on any atom is 0.341 e. The van der Waals surface area contributed by atoms with Crippen molar-refractivity contribution >= 4 is 11.9 Å². The van der Waals surface area contributed by atoms with Gasteiger partial charge in [-0.1, -0.05) is 0 Å². The molecule has 0 N–H and O–H groups in total. The van der Waals surface area contributed by atoms with E-state index >= 15 is 0 Å². The topological polar surface area (TPSA) is 61.8 Å². The van der Waals surface area contributed by atoms with Crippen molar-refractivity contribution in [2.75, 3.05) is 20.8 Å². The summed E-state index contributed by atoms with van der Waals surface area (Å²) in [5.41, 5.74) is 0.512. The smallest absolute Gasteiger partial charge is 0.341 e. The fraction of sp³-hybridized carbons (Fsp3) is 0.286. The first-order valence-electron chi connectivity index (χ1n) is 5.51. The number of ether oxygens (including phenoxy) is 3. The number of terminal acetylenes is 1. The quantitative estimate of drug-likeness (QED) is 0.459. The minimum atomic E-state index is -0.549. The molecule has 0 saturated heterocycles. The summed E-state index contributed by atoms with van der Waals surface area (Å²) in [7, 11) is 2.54. The first-order chi connectivity index (χ1) is 9.13. The van der Waals surface area contributed by atoms with Crippen LogP contribution in [0.25, 0.3) is 0 Å². The van der Waals surface area contributed by atoms with Gasteiger partial charge in [0.05, 0.1) is 26.4 Å². The van der Waals surface area contributed by atoms with Crippen molar-refractivity contribution < 1.29 is 23.8 Å². The molecule has 0 bridgehead atoms. The van der Waals surface area contributed by atoms with E-state index in [-0.39, 0.29) is 23.5 Å². The average molecular weight is 262 g/mol. The molecule has 1 aromatic carbocycles. The third-order valence-electron chi connectivity index (χ3n) is 2.31. The van der Waals surface area contributed by atoms with Crippen LogP contribution in [0.4, 0.5) is 0 Å². The summed E-state index contributed by atoms with van der Waals surface area (Å²) in [6.07, 6.45) is 5.51. The molecule has 0 aliphatic carbocycles. The lowest BCUT2D eigenvalue weighted by Gasteiger charge is -2.10. The molecule has 5 nitrogen and oxygen atoms in total. The molecule has 0 aliphatic rings. The first-order valence-corrected chi connectivity index (χ1v) is 5.51. The van der Waals surface area contributed by atoms with E-state index in [1.807, 2.05) is 0 Å². The van der Waals surface area contributed by atoms with Crippen LogP contribution in [-0.4, -0.2) is 32.8 Å². The van der Waals surface area contributed by atoms with E-state index in [0.717, 1.165) is 0 Å². The molecule has 1 aromatic rings. The Morgan fingerprint density at radius 3 is 2.47 bits per heavy atom. The van der Waals surface area contributed by atoms with Gasteiger partial charge in [0, 0.05) is 6.42 Å².